The molecule has 1 atom stereocenters. The Labute approximate surface area is 99.9 Å². The molecule has 0 aliphatic carbocycles. The maximum atomic E-state index is 11.3. The third-order valence-electron chi connectivity index (χ3n) is 3.14. The summed E-state index contributed by atoms with van der Waals surface area (Å²) in [4.78, 5) is 23.4. The minimum Gasteiger partial charge on any atom is -0.480 e. The van der Waals surface area contributed by atoms with Crippen LogP contribution in [0, 0.1) is 0 Å². The minimum atomic E-state index is -0.965. The number of likely N-dealkylation sites (tertiary alicyclic amines) is 1. The fourth-order valence-corrected chi connectivity index (χ4v) is 2.07. The van der Waals surface area contributed by atoms with E-state index in [9.17, 15) is 9.59 Å². The molecular formula is C13H15NO3. The summed E-state index contributed by atoms with van der Waals surface area (Å²) in [7, 11) is 0. The van der Waals surface area contributed by atoms with Gasteiger partial charge in [-0.25, -0.2) is 0 Å². The van der Waals surface area contributed by atoms with E-state index < -0.39 is 5.97 Å². The number of nitrogens with zero attached hydrogens (tertiary/aromatic N) is 1. The Kier molecular flexibility index (Phi) is 3.13. The van der Waals surface area contributed by atoms with Crippen molar-refractivity contribution in [1.82, 2.24) is 4.90 Å². The van der Waals surface area contributed by atoms with Crippen LogP contribution in [0.1, 0.15) is 30.5 Å². The second-order valence-electron chi connectivity index (χ2n) is 4.23. The fraction of sp³-hybridized carbons (Fsp3) is 0.385. The maximum Gasteiger partial charge on any atom is 0.323 e. The normalized spacial score (nSPS) is 19.0. The molecule has 4 heteroatoms. The Morgan fingerprint density at radius 3 is 2.53 bits per heavy atom. The summed E-state index contributed by atoms with van der Waals surface area (Å²) in [5.74, 6) is -1.05. The molecule has 1 fully saturated rings. The van der Waals surface area contributed by atoms with E-state index in [4.69, 9.17) is 5.11 Å². The van der Waals surface area contributed by atoms with E-state index in [1.807, 2.05) is 24.3 Å². The molecule has 1 saturated heterocycles. The highest BCUT2D eigenvalue weighted by molar-refractivity contribution is 5.87. The lowest BCUT2D eigenvalue weighted by atomic mass is 9.93. The number of hydrogen-bond acceptors (Lipinski definition) is 2. The number of aliphatic carboxylic acids is 1. The average molecular weight is 233 g/mol. The van der Waals surface area contributed by atoms with Gasteiger partial charge in [0.15, 0.2) is 0 Å². The first-order valence-corrected chi connectivity index (χ1v) is 5.72. The molecule has 1 aliphatic heterocycles. The van der Waals surface area contributed by atoms with E-state index in [0.717, 1.165) is 12.0 Å². The quantitative estimate of drug-likeness (QED) is 0.804. The van der Waals surface area contributed by atoms with Crippen molar-refractivity contribution in [2.75, 3.05) is 6.54 Å². The highest BCUT2D eigenvalue weighted by Gasteiger charge is 2.37. The zero-order valence-electron chi connectivity index (χ0n) is 9.72. The minimum absolute atomic E-state index is 0.0653. The van der Waals surface area contributed by atoms with E-state index in [2.05, 4.69) is 6.92 Å². The second-order valence-corrected chi connectivity index (χ2v) is 4.23. The number of carbonyl (C=O) groups is 2. The highest BCUT2D eigenvalue weighted by Crippen LogP contribution is 2.34. The molecule has 0 bridgehead atoms. The van der Waals surface area contributed by atoms with E-state index in [-0.39, 0.29) is 18.5 Å². The van der Waals surface area contributed by atoms with Crippen molar-refractivity contribution >= 4 is 11.9 Å². The van der Waals surface area contributed by atoms with Crippen LogP contribution in [0.4, 0.5) is 0 Å². The summed E-state index contributed by atoms with van der Waals surface area (Å²) in [6.45, 7) is 1.87. The number of amides is 1. The molecule has 1 aromatic carbocycles. The van der Waals surface area contributed by atoms with Crippen molar-refractivity contribution in [3.05, 3.63) is 35.4 Å². The summed E-state index contributed by atoms with van der Waals surface area (Å²) in [6, 6.07) is 7.94. The van der Waals surface area contributed by atoms with Gasteiger partial charge in [-0.2, -0.15) is 0 Å². The summed E-state index contributed by atoms with van der Waals surface area (Å²) in [5, 5.41) is 8.72. The summed E-state index contributed by atoms with van der Waals surface area (Å²) >= 11 is 0. The number of rotatable bonds is 4. The van der Waals surface area contributed by atoms with Crippen molar-refractivity contribution in [3.8, 4) is 0 Å². The Bertz CT molecular complexity index is 438. The van der Waals surface area contributed by atoms with Gasteiger partial charge in [0, 0.05) is 0 Å². The number of β-lactam (4-membered cyclic amide) rings is 1. The monoisotopic (exact) mass is 233 g/mol. The number of carboxylic acids is 1. The van der Waals surface area contributed by atoms with Crippen molar-refractivity contribution in [2.45, 2.75) is 25.8 Å². The highest BCUT2D eigenvalue weighted by atomic mass is 16.4. The first-order valence-electron chi connectivity index (χ1n) is 5.72. The molecule has 4 nitrogen and oxygen atoms in total. The molecule has 90 valence electrons. The van der Waals surface area contributed by atoms with E-state index >= 15 is 0 Å². The van der Waals surface area contributed by atoms with Gasteiger partial charge >= 0.3 is 5.97 Å². The van der Waals surface area contributed by atoms with E-state index in [1.54, 1.807) is 0 Å². The van der Waals surface area contributed by atoms with Gasteiger partial charge in [-0.1, -0.05) is 31.2 Å². The Morgan fingerprint density at radius 2 is 2.06 bits per heavy atom. The molecule has 1 N–H and O–H groups in total. The summed E-state index contributed by atoms with van der Waals surface area (Å²) in [6.07, 6.45) is 1.39. The predicted octanol–water partition coefficient (Wildman–Crippen LogP) is 1.61. The standard InChI is InChI=1S/C13H15NO3/c1-2-9-3-5-10(6-4-9)11-7-12(15)14(11)8-13(16)17/h3-6,11H,2,7-8H2,1H3,(H,16,17). The number of hydrogen-bond donors (Lipinski definition) is 1. The van der Waals surface area contributed by atoms with Gasteiger partial charge in [0.05, 0.1) is 12.5 Å². The first-order chi connectivity index (χ1) is 8.11. The molecule has 0 saturated carbocycles. The average Bonchev–Trinajstić information content (AvgIpc) is 2.33. The zero-order chi connectivity index (χ0) is 12.4. The van der Waals surface area contributed by atoms with Crippen molar-refractivity contribution < 1.29 is 14.7 Å². The largest absolute Gasteiger partial charge is 0.480 e. The molecule has 1 heterocycles. The second kappa shape index (κ2) is 4.57. The van der Waals surface area contributed by atoms with Gasteiger partial charge in [-0.15, -0.1) is 0 Å². The molecule has 2 rings (SSSR count). The molecule has 0 radical (unpaired) electrons. The van der Waals surface area contributed by atoms with Crippen LogP contribution in [0.2, 0.25) is 0 Å². The van der Waals surface area contributed by atoms with E-state index in [0.29, 0.717) is 6.42 Å². The van der Waals surface area contributed by atoms with Crippen LogP contribution < -0.4 is 0 Å². The van der Waals surface area contributed by atoms with Gasteiger partial charge in [-0.3, -0.25) is 9.59 Å². The van der Waals surface area contributed by atoms with Gasteiger partial charge in [-0.05, 0) is 17.5 Å². The van der Waals surface area contributed by atoms with Gasteiger partial charge in [0.1, 0.15) is 6.54 Å². The molecule has 1 aliphatic rings. The van der Waals surface area contributed by atoms with Gasteiger partial charge in [0.25, 0.3) is 0 Å². The van der Waals surface area contributed by atoms with Crippen molar-refractivity contribution in [2.24, 2.45) is 0 Å². The van der Waals surface area contributed by atoms with Crippen LogP contribution in [0.5, 0.6) is 0 Å². The van der Waals surface area contributed by atoms with Crippen LogP contribution in [0.25, 0.3) is 0 Å². The lowest BCUT2D eigenvalue weighted by Gasteiger charge is -2.39. The van der Waals surface area contributed by atoms with Gasteiger partial charge in [0.2, 0.25) is 5.91 Å². The summed E-state index contributed by atoms with van der Waals surface area (Å²) in [5.41, 5.74) is 2.26. The number of aryl methyl sites for hydroxylation is 1. The third-order valence-corrected chi connectivity index (χ3v) is 3.14. The van der Waals surface area contributed by atoms with Crippen LogP contribution in [0.15, 0.2) is 24.3 Å². The molecule has 0 spiro atoms. The van der Waals surface area contributed by atoms with Crippen LogP contribution in [-0.4, -0.2) is 28.4 Å². The number of carboxylic acid groups (broad SMARTS) is 1. The third kappa shape index (κ3) is 2.30. The van der Waals surface area contributed by atoms with Gasteiger partial charge < -0.3 is 10.0 Å². The summed E-state index contributed by atoms with van der Waals surface area (Å²) < 4.78 is 0. The van der Waals surface area contributed by atoms with E-state index in [1.165, 1.54) is 10.5 Å². The predicted molar refractivity (Wildman–Crippen MR) is 62.5 cm³/mol. The van der Waals surface area contributed by atoms with Crippen LogP contribution in [-0.2, 0) is 16.0 Å². The SMILES string of the molecule is CCc1ccc(C2CC(=O)N2CC(=O)O)cc1. The Morgan fingerprint density at radius 1 is 1.41 bits per heavy atom. The molecule has 1 amide bonds. The molecule has 1 aromatic rings. The number of carbonyl (C=O) groups excluding carboxylic acids is 1. The van der Waals surface area contributed by atoms with Crippen molar-refractivity contribution in [1.29, 1.82) is 0 Å². The smallest absolute Gasteiger partial charge is 0.323 e. The van der Waals surface area contributed by atoms with Crippen LogP contribution in [0.3, 0.4) is 0 Å². The zero-order valence-corrected chi connectivity index (χ0v) is 9.72. The lowest BCUT2D eigenvalue weighted by molar-refractivity contribution is -0.155. The first kappa shape index (κ1) is 11.6. The van der Waals surface area contributed by atoms with Crippen molar-refractivity contribution in [3.63, 3.8) is 0 Å². The fourth-order valence-electron chi connectivity index (χ4n) is 2.07. The lowest BCUT2D eigenvalue weighted by Crippen LogP contribution is -2.48. The van der Waals surface area contributed by atoms with Crippen LogP contribution >= 0.6 is 0 Å². The topological polar surface area (TPSA) is 57.6 Å². The Hall–Kier alpha value is -1.84. The number of benzene rings is 1. The molecule has 1 unspecified atom stereocenters. The Balaban J connectivity index is 2.11. The maximum absolute atomic E-state index is 11.3. The molecular weight excluding hydrogens is 218 g/mol. The molecule has 17 heavy (non-hydrogen) atoms. The molecule has 0 aromatic heterocycles.